The number of nitro groups is 1. The van der Waals surface area contributed by atoms with Gasteiger partial charge in [0.25, 0.3) is 5.69 Å². The minimum Gasteiger partial charge on any atom is -0.323 e. The molecule has 0 spiro atoms. The van der Waals surface area contributed by atoms with Crippen molar-refractivity contribution in [2.45, 2.75) is 35.8 Å². The molecule has 28 heavy (non-hydrogen) atoms. The lowest BCUT2D eigenvalue weighted by Gasteiger charge is -2.11. The largest absolute Gasteiger partial charge is 0.323 e. The van der Waals surface area contributed by atoms with E-state index in [9.17, 15) is 23.3 Å². The maximum Gasteiger partial charge on any atom is 0.270 e. The number of rotatable bonds is 6. The molecule has 0 heterocycles. The first-order chi connectivity index (χ1) is 13.4. The van der Waals surface area contributed by atoms with Gasteiger partial charge in [-0.1, -0.05) is 25.0 Å². The Morgan fingerprint density at radius 2 is 1.79 bits per heavy atom. The van der Waals surface area contributed by atoms with Crippen LogP contribution >= 0.6 is 0 Å². The molecule has 0 aliphatic heterocycles. The number of nitrogens with zero attached hydrogens (tertiary/aromatic N) is 1. The number of sulfone groups is 1. The minimum atomic E-state index is -3.32. The summed E-state index contributed by atoms with van der Waals surface area (Å²) < 4.78 is 25.1. The zero-order chi connectivity index (χ0) is 20.1. The van der Waals surface area contributed by atoms with Crippen molar-refractivity contribution in [3.8, 4) is 0 Å². The number of anilines is 1. The van der Waals surface area contributed by atoms with Gasteiger partial charge in [-0.3, -0.25) is 14.9 Å². The summed E-state index contributed by atoms with van der Waals surface area (Å²) in [6.45, 7) is 0. The summed E-state index contributed by atoms with van der Waals surface area (Å²) in [6.07, 6.45) is 6.01. The van der Waals surface area contributed by atoms with Gasteiger partial charge in [0.2, 0.25) is 5.91 Å². The van der Waals surface area contributed by atoms with E-state index < -0.39 is 20.7 Å². The first-order valence-electron chi connectivity index (χ1n) is 8.94. The first kappa shape index (κ1) is 19.8. The van der Waals surface area contributed by atoms with Crippen LogP contribution in [0.4, 0.5) is 11.4 Å². The fraction of sp³-hybridized carbons (Fsp3) is 0.250. The van der Waals surface area contributed by atoms with E-state index in [2.05, 4.69) is 5.32 Å². The van der Waals surface area contributed by atoms with Crippen LogP contribution in [-0.2, 0) is 14.6 Å². The molecule has 0 atom stereocenters. The molecular weight excluding hydrogens is 380 g/mol. The third-order valence-corrected chi connectivity index (χ3v) is 6.98. The zero-order valence-corrected chi connectivity index (χ0v) is 15.9. The average molecular weight is 400 g/mol. The molecule has 1 aliphatic carbocycles. The second-order valence-corrected chi connectivity index (χ2v) is 8.88. The molecule has 1 aliphatic rings. The second-order valence-electron chi connectivity index (χ2n) is 6.65. The van der Waals surface area contributed by atoms with Gasteiger partial charge >= 0.3 is 0 Å². The van der Waals surface area contributed by atoms with Gasteiger partial charge in [0.1, 0.15) is 0 Å². The normalized spacial score (nSPS) is 15.0. The van der Waals surface area contributed by atoms with E-state index in [1.165, 1.54) is 36.4 Å². The van der Waals surface area contributed by atoms with Crippen LogP contribution < -0.4 is 5.32 Å². The standard InChI is InChI=1S/C20H20N2O5S/c23-20(13-8-15-4-3-5-17(14-15)22(24)25)21-16-9-11-19(12-10-16)28(26,27)18-6-1-2-7-18/h3-5,8-14,18H,1-2,6-7H2,(H,21,23). The summed E-state index contributed by atoms with van der Waals surface area (Å²) >= 11 is 0. The average Bonchev–Trinajstić information content (AvgIpc) is 3.23. The van der Waals surface area contributed by atoms with Crippen molar-refractivity contribution in [2.24, 2.45) is 0 Å². The van der Waals surface area contributed by atoms with Crippen molar-refractivity contribution in [1.82, 2.24) is 0 Å². The van der Waals surface area contributed by atoms with Crippen LogP contribution in [0.15, 0.2) is 59.5 Å². The number of carbonyl (C=O) groups is 1. The molecule has 0 unspecified atom stereocenters. The van der Waals surface area contributed by atoms with Gasteiger partial charge in [-0.15, -0.1) is 0 Å². The van der Waals surface area contributed by atoms with E-state index >= 15 is 0 Å². The quantitative estimate of drug-likeness (QED) is 0.449. The van der Waals surface area contributed by atoms with Crippen LogP contribution in [0.3, 0.4) is 0 Å². The number of nitrogens with one attached hydrogen (secondary N) is 1. The highest BCUT2D eigenvalue weighted by molar-refractivity contribution is 7.92. The lowest BCUT2D eigenvalue weighted by Crippen LogP contribution is -2.17. The number of carbonyl (C=O) groups excluding carboxylic acids is 1. The molecule has 0 bridgehead atoms. The molecule has 3 rings (SSSR count). The summed E-state index contributed by atoms with van der Waals surface area (Å²) in [5.74, 6) is -0.419. The third-order valence-electron chi connectivity index (χ3n) is 4.70. The molecule has 8 heteroatoms. The molecule has 146 valence electrons. The number of non-ortho nitro benzene ring substituents is 1. The highest BCUT2D eigenvalue weighted by atomic mass is 32.2. The molecule has 7 nitrogen and oxygen atoms in total. The minimum absolute atomic E-state index is 0.0541. The Balaban J connectivity index is 1.64. The Hall–Kier alpha value is -3.00. The number of nitro benzene ring substituents is 1. The van der Waals surface area contributed by atoms with Gasteiger partial charge < -0.3 is 5.32 Å². The lowest BCUT2D eigenvalue weighted by molar-refractivity contribution is -0.384. The molecule has 0 radical (unpaired) electrons. The van der Waals surface area contributed by atoms with Crippen molar-refractivity contribution in [3.63, 3.8) is 0 Å². The van der Waals surface area contributed by atoms with E-state index in [1.54, 1.807) is 24.3 Å². The van der Waals surface area contributed by atoms with Gasteiger partial charge in [0.05, 0.1) is 15.1 Å². The summed E-state index contributed by atoms with van der Waals surface area (Å²) in [5, 5.41) is 13.1. The number of benzene rings is 2. The maximum absolute atomic E-state index is 12.6. The zero-order valence-electron chi connectivity index (χ0n) is 15.1. The Kier molecular flexibility index (Phi) is 5.89. The Labute approximate surface area is 163 Å². The molecule has 1 amide bonds. The van der Waals surface area contributed by atoms with Crippen molar-refractivity contribution >= 4 is 33.2 Å². The van der Waals surface area contributed by atoms with Crippen LogP contribution in [0.5, 0.6) is 0 Å². The molecule has 2 aromatic rings. The molecule has 1 saturated carbocycles. The predicted molar refractivity (Wildman–Crippen MR) is 107 cm³/mol. The van der Waals surface area contributed by atoms with Gasteiger partial charge in [0.15, 0.2) is 9.84 Å². The third kappa shape index (κ3) is 4.64. The van der Waals surface area contributed by atoms with Crippen LogP contribution in [0, 0.1) is 10.1 Å². The topological polar surface area (TPSA) is 106 Å². The Morgan fingerprint density at radius 3 is 2.43 bits per heavy atom. The van der Waals surface area contributed by atoms with Crippen LogP contribution in [0.2, 0.25) is 0 Å². The summed E-state index contributed by atoms with van der Waals surface area (Å²) in [7, 11) is -3.32. The SMILES string of the molecule is O=C(C=Cc1cccc([N+](=O)[O-])c1)Nc1ccc(S(=O)(=O)C2CCCC2)cc1. The molecule has 1 N–H and O–H groups in total. The molecule has 0 aromatic heterocycles. The fourth-order valence-corrected chi connectivity index (χ4v) is 5.07. The summed E-state index contributed by atoms with van der Waals surface area (Å²) in [5.41, 5.74) is 0.947. The van der Waals surface area contributed by atoms with Gasteiger partial charge in [-0.25, -0.2) is 8.42 Å². The van der Waals surface area contributed by atoms with Crippen LogP contribution in [0.25, 0.3) is 6.08 Å². The van der Waals surface area contributed by atoms with Crippen molar-refractivity contribution in [2.75, 3.05) is 5.32 Å². The number of hydrogen-bond acceptors (Lipinski definition) is 5. The summed E-state index contributed by atoms with van der Waals surface area (Å²) in [4.78, 5) is 22.6. The molecule has 0 saturated heterocycles. The van der Waals surface area contributed by atoms with Crippen molar-refractivity contribution in [3.05, 3.63) is 70.3 Å². The summed E-state index contributed by atoms with van der Waals surface area (Å²) in [6, 6.07) is 12.1. The smallest absolute Gasteiger partial charge is 0.270 e. The maximum atomic E-state index is 12.6. The van der Waals surface area contributed by atoms with Crippen LogP contribution in [-0.4, -0.2) is 24.5 Å². The number of amides is 1. The molecular formula is C20H20N2O5S. The Morgan fingerprint density at radius 1 is 1.11 bits per heavy atom. The first-order valence-corrected chi connectivity index (χ1v) is 10.5. The predicted octanol–water partition coefficient (Wildman–Crippen LogP) is 3.96. The fourth-order valence-electron chi connectivity index (χ4n) is 3.22. The highest BCUT2D eigenvalue weighted by Gasteiger charge is 2.30. The molecule has 1 fully saturated rings. The monoisotopic (exact) mass is 400 g/mol. The van der Waals surface area contributed by atoms with E-state index in [1.807, 2.05) is 0 Å². The van der Waals surface area contributed by atoms with Gasteiger partial charge in [0, 0.05) is 23.9 Å². The number of hydrogen-bond donors (Lipinski definition) is 1. The van der Waals surface area contributed by atoms with E-state index in [0.29, 0.717) is 24.1 Å². The van der Waals surface area contributed by atoms with Crippen molar-refractivity contribution in [1.29, 1.82) is 0 Å². The lowest BCUT2D eigenvalue weighted by atomic mass is 10.2. The van der Waals surface area contributed by atoms with Gasteiger partial charge in [-0.2, -0.15) is 0 Å². The van der Waals surface area contributed by atoms with Crippen LogP contribution in [0.1, 0.15) is 31.2 Å². The Bertz CT molecular complexity index is 1010. The second kappa shape index (κ2) is 8.35. The van der Waals surface area contributed by atoms with Gasteiger partial charge in [-0.05, 0) is 48.7 Å². The van der Waals surface area contributed by atoms with E-state index in [-0.39, 0.29) is 15.8 Å². The van der Waals surface area contributed by atoms with E-state index in [0.717, 1.165) is 12.8 Å². The highest BCUT2D eigenvalue weighted by Crippen LogP contribution is 2.30. The van der Waals surface area contributed by atoms with E-state index in [4.69, 9.17) is 0 Å². The van der Waals surface area contributed by atoms with Crippen molar-refractivity contribution < 1.29 is 18.1 Å². The molecule has 2 aromatic carbocycles.